The smallest absolute Gasteiger partial charge is 0.294 e. The van der Waals surface area contributed by atoms with Crippen LogP contribution in [0.5, 0.6) is 5.19 Å². The summed E-state index contributed by atoms with van der Waals surface area (Å²) in [6.07, 6.45) is 0.979. The summed E-state index contributed by atoms with van der Waals surface area (Å²) in [4.78, 5) is 13.9. The van der Waals surface area contributed by atoms with Gasteiger partial charge in [-0.15, -0.1) is 0 Å². The Bertz CT molecular complexity index is 438. The molecule has 0 unspecified atom stereocenters. The molecule has 0 saturated carbocycles. The zero-order valence-corrected chi connectivity index (χ0v) is 8.76. The number of sulfone groups is 1. The van der Waals surface area contributed by atoms with Crippen LogP contribution in [-0.2, 0) is 14.6 Å². The minimum Gasteiger partial charge on any atom is -0.459 e. The molecule has 0 aliphatic heterocycles. The highest BCUT2D eigenvalue weighted by atomic mass is 32.2. The van der Waals surface area contributed by atoms with Crippen molar-refractivity contribution in [1.29, 1.82) is 0 Å². The van der Waals surface area contributed by atoms with Gasteiger partial charge in [-0.3, -0.25) is 4.79 Å². The van der Waals surface area contributed by atoms with Crippen molar-refractivity contribution in [2.45, 2.75) is 5.16 Å². The van der Waals surface area contributed by atoms with E-state index in [1.54, 1.807) is 0 Å². The van der Waals surface area contributed by atoms with Crippen LogP contribution in [0.25, 0.3) is 0 Å². The lowest BCUT2D eigenvalue weighted by Gasteiger charge is -1.94. The fraction of sp³-hybridized carbons (Fsp3) is 0.400. The minimum atomic E-state index is -3.43. The number of amides is 1. The van der Waals surface area contributed by atoms with Gasteiger partial charge in [0.25, 0.3) is 16.3 Å². The molecule has 0 aromatic carbocycles. The number of hydrogen-bond donors (Lipinski definition) is 1. The normalized spacial score (nSPS) is 11.2. The van der Waals surface area contributed by atoms with Gasteiger partial charge in [0, 0.05) is 17.8 Å². The predicted molar refractivity (Wildman–Crippen MR) is 47.7 cm³/mol. The van der Waals surface area contributed by atoms with Gasteiger partial charge in [0.2, 0.25) is 9.84 Å². The molecule has 0 saturated heterocycles. The van der Waals surface area contributed by atoms with E-state index in [1.807, 2.05) is 0 Å². The molecule has 0 fully saturated rings. The molecule has 0 bridgehead atoms. The van der Waals surface area contributed by atoms with Crippen molar-refractivity contribution < 1.29 is 17.9 Å². The summed E-state index contributed by atoms with van der Waals surface area (Å²) in [6, 6.07) is 0. The van der Waals surface area contributed by atoms with Gasteiger partial charge in [-0.1, -0.05) is 0 Å². The summed E-state index contributed by atoms with van der Waals surface area (Å²) in [5, 5.41) is -0.314. The molecule has 1 aromatic heterocycles. The summed E-state index contributed by atoms with van der Waals surface area (Å²) in [5.74, 6) is -0.666. The summed E-state index contributed by atoms with van der Waals surface area (Å²) in [7, 11) is -3.43. The van der Waals surface area contributed by atoms with E-state index in [4.69, 9.17) is 10.5 Å². The molecule has 2 N–H and O–H groups in total. The highest BCUT2D eigenvalue weighted by Gasteiger charge is 2.15. The molecule has 1 aromatic rings. The maximum Gasteiger partial charge on any atom is 0.294 e. The summed E-state index contributed by atoms with van der Waals surface area (Å²) in [6.45, 7) is -0.349. The Morgan fingerprint density at radius 3 is 2.71 bits per heavy atom. The van der Waals surface area contributed by atoms with Crippen molar-refractivity contribution in [3.05, 3.63) is 0 Å². The van der Waals surface area contributed by atoms with Gasteiger partial charge < -0.3 is 10.5 Å². The first-order chi connectivity index (χ1) is 6.39. The summed E-state index contributed by atoms with van der Waals surface area (Å²) in [5.41, 5.74) is 4.81. The molecule has 0 aliphatic carbocycles. The first-order valence-electron chi connectivity index (χ1n) is 3.34. The van der Waals surface area contributed by atoms with E-state index in [9.17, 15) is 13.2 Å². The second-order valence-corrected chi connectivity index (χ2v) is 4.99. The summed E-state index contributed by atoms with van der Waals surface area (Å²) < 4.78 is 30.1. The van der Waals surface area contributed by atoms with E-state index >= 15 is 0 Å². The molecule has 0 atom stereocenters. The van der Waals surface area contributed by atoms with Gasteiger partial charge >= 0.3 is 0 Å². The molecule has 78 valence electrons. The van der Waals surface area contributed by atoms with Crippen LogP contribution < -0.4 is 10.5 Å². The lowest BCUT2D eigenvalue weighted by Crippen LogP contribution is -2.19. The third-order valence-corrected chi connectivity index (χ3v) is 2.65. The van der Waals surface area contributed by atoms with E-state index in [1.165, 1.54) is 0 Å². The fourth-order valence-corrected chi connectivity index (χ4v) is 1.93. The Morgan fingerprint density at radius 2 is 2.29 bits per heavy atom. The number of aromatic nitrogens is 2. The molecule has 1 heterocycles. The van der Waals surface area contributed by atoms with Crippen LogP contribution in [0.4, 0.5) is 0 Å². The number of carbonyl (C=O) groups excluding carboxylic acids is 1. The third-order valence-electron chi connectivity index (χ3n) is 1.06. The first kappa shape index (κ1) is 10.9. The molecule has 7 nitrogen and oxygen atoms in total. The quantitative estimate of drug-likeness (QED) is 0.704. The van der Waals surface area contributed by atoms with Crippen molar-refractivity contribution >= 4 is 27.3 Å². The highest BCUT2D eigenvalue weighted by Crippen LogP contribution is 2.16. The Morgan fingerprint density at radius 1 is 1.64 bits per heavy atom. The second kappa shape index (κ2) is 3.88. The van der Waals surface area contributed by atoms with Gasteiger partial charge in [0.05, 0.1) is 0 Å². The first-order valence-corrected chi connectivity index (χ1v) is 6.01. The topological polar surface area (TPSA) is 112 Å². The zero-order valence-electron chi connectivity index (χ0n) is 7.13. The Labute approximate surface area is 84.0 Å². The molecule has 0 spiro atoms. The lowest BCUT2D eigenvalue weighted by atomic mass is 10.7. The van der Waals surface area contributed by atoms with Gasteiger partial charge in [0.1, 0.15) is 0 Å². The maximum absolute atomic E-state index is 10.9. The Balaban J connectivity index is 2.74. The monoisotopic (exact) mass is 237 g/mol. The largest absolute Gasteiger partial charge is 0.459 e. The van der Waals surface area contributed by atoms with Crippen molar-refractivity contribution in [3.63, 3.8) is 0 Å². The predicted octanol–water partition coefficient (Wildman–Crippen LogP) is -1.19. The molecule has 0 radical (unpaired) electrons. The lowest BCUT2D eigenvalue weighted by molar-refractivity contribution is -0.119. The van der Waals surface area contributed by atoms with E-state index in [0.29, 0.717) is 0 Å². The highest BCUT2D eigenvalue weighted by molar-refractivity contribution is 7.90. The number of nitrogens with zero attached hydrogens (tertiary/aromatic N) is 2. The minimum absolute atomic E-state index is 0.00391. The number of hydrogen-bond acceptors (Lipinski definition) is 7. The third kappa shape index (κ3) is 2.92. The standard InChI is InChI=1S/C5H7N3O4S2/c1-14(10,11)4-7-5(13-8-4)12-2-3(6)9/h2H2,1H3,(H2,6,9). The van der Waals surface area contributed by atoms with Crippen molar-refractivity contribution in [1.82, 2.24) is 9.36 Å². The molecule has 1 rings (SSSR count). The van der Waals surface area contributed by atoms with Gasteiger partial charge in [-0.2, -0.15) is 9.36 Å². The van der Waals surface area contributed by atoms with Crippen LogP contribution in [0.3, 0.4) is 0 Å². The van der Waals surface area contributed by atoms with Gasteiger partial charge in [0.15, 0.2) is 6.61 Å². The molecule has 14 heavy (non-hydrogen) atoms. The number of nitrogens with two attached hydrogens (primary N) is 1. The zero-order chi connectivity index (χ0) is 10.8. The van der Waals surface area contributed by atoms with Crippen LogP contribution in [0.2, 0.25) is 0 Å². The van der Waals surface area contributed by atoms with Crippen molar-refractivity contribution in [3.8, 4) is 5.19 Å². The molecular weight excluding hydrogens is 230 g/mol. The van der Waals surface area contributed by atoms with Crippen LogP contribution in [0.1, 0.15) is 0 Å². The van der Waals surface area contributed by atoms with Gasteiger partial charge in [-0.25, -0.2) is 8.42 Å². The van der Waals surface area contributed by atoms with Crippen molar-refractivity contribution in [2.24, 2.45) is 5.73 Å². The maximum atomic E-state index is 10.9. The van der Waals surface area contributed by atoms with Crippen LogP contribution in [-0.4, -0.2) is 36.5 Å². The van der Waals surface area contributed by atoms with Crippen LogP contribution in [0, 0.1) is 0 Å². The van der Waals surface area contributed by atoms with Crippen LogP contribution in [0.15, 0.2) is 5.16 Å². The van der Waals surface area contributed by atoms with Gasteiger partial charge in [-0.05, 0) is 0 Å². The van der Waals surface area contributed by atoms with E-state index in [-0.39, 0.29) is 17.0 Å². The number of primary amides is 1. The van der Waals surface area contributed by atoms with E-state index in [2.05, 4.69) is 9.36 Å². The summed E-state index contributed by atoms with van der Waals surface area (Å²) >= 11 is 0.748. The molecule has 1 amide bonds. The van der Waals surface area contributed by atoms with Crippen LogP contribution >= 0.6 is 11.5 Å². The molecular formula is C5H7N3O4S2. The molecule has 0 aliphatic rings. The average Bonchev–Trinajstić information content (AvgIpc) is 2.47. The van der Waals surface area contributed by atoms with Crippen molar-refractivity contribution in [2.75, 3.05) is 12.9 Å². The fourth-order valence-electron chi connectivity index (χ4n) is 0.539. The number of rotatable bonds is 4. The van der Waals surface area contributed by atoms with E-state index < -0.39 is 15.7 Å². The SMILES string of the molecule is CS(=O)(=O)c1nsc(OCC(N)=O)n1. The Kier molecular flexibility index (Phi) is 3.01. The van der Waals surface area contributed by atoms with E-state index in [0.717, 1.165) is 17.8 Å². The number of ether oxygens (including phenoxy) is 1. The molecule has 9 heteroatoms. The number of carbonyl (C=O) groups is 1. The second-order valence-electron chi connectivity index (χ2n) is 2.37. The average molecular weight is 237 g/mol. The Hall–Kier alpha value is -1.22.